The summed E-state index contributed by atoms with van der Waals surface area (Å²) >= 11 is 0. The number of carbonyl (C=O) groups is 1. The summed E-state index contributed by atoms with van der Waals surface area (Å²) < 4.78 is 5.95. The molecule has 1 amide bonds. The van der Waals surface area contributed by atoms with Gasteiger partial charge in [-0.15, -0.1) is 0 Å². The minimum Gasteiger partial charge on any atom is -0.371 e. The van der Waals surface area contributed by atoms with Gasteiger partial charge in [-0.3, -0.25) is 9.69 Å². The highest BCUT2D eigenvalue weighted by Gasteiger charge is 2.44. The van der Waals surface area contributed by atoms with Crippen LogP contribution < -0.4 is 5.32 Å². The monoisotopic (exact) mass is 268 g/mol. The molecule has 0 saturated carbocycles. The number of nitrogens with zero attached hydrogens (tertiary/aromatic N) is 1. The van der Waals surface area contributed by atoms with Crippen molar-refractivity contribution in [1.29, 1.82) is 0 Å². The highest BCUT2D eigenvalue weighted by Crippen LogP contribution is 2.32. The van der Waals surface area contributed by atoms with Gasteiger partial charge in [0.1, 0.15) is 0 Å². The topological polar surface area (TPSA) is 41.6 Å². The third-order valence-corrected chi connectivity index (χ3v) is 4.02. The highest BCUT2D eigenvalue weighted by atomic mass is 16.5. The molecule has 0 aromatic carbocycles. The molecule has 2 aliphatic rings. The lowest BCUT2D eigenvalue weighted by Crippen LogP contribution is -2.46. The van der Waals surface area contributed by atoms with Gasteiger partial charge in [-0.25, -0.2) is 0 Å². The quantitative estimate of drug-likeness (QED) is 0.824. The zero-order chi connectivity index (χ0) is 14.0. The van der Waals surface area contributed by atoms with E-state index in [1.165, 1.54) is 6.42 Å². The molecule has 0 spiro atoms. The highest BCUT2D eigenvalue weighted by molar-refractivity contribution is 5.80. The first kappa shape index (κ1) is 14.8. The lowest BCUT2D eigenvalue weighted by molar-refractivity contribution is -0.128. The van der Waals surface area contributed by atoms with Crippen LogP contribution in [0.3, 0.4) is 0 Å². The van der Waals surface area contributed by atoms with Crippen LogP contribution in [0, 0.1) is 11.8 Å². The third kappa shape index (κ3) is 3.93. The van der Waals surface area contributed by atoms with Gasteiger partial charge < -0.3 is 10.1 Å². The van der Waals surface area contributed by atoms with E-state index in [2.05, 4.69) is 24.1 Å². The number of carbonyl (C=O) groups excluding carboxylic acids is 1. The second kappa shape index (κ2) is 6.23. The Labute approximate surface area is 116 Å². The summed E-state index contributed by atoms with van der Waals surface area (Å²) in [6.45, 7) is 11.6. The molecule has 2 aliphatic heterocycles. The molecule has 2 rings (SSSR count). The predicted octanol–water partition coefficient (Wildman–Crippen LogP) is 1.65. The van der Waals surface area contributed by atoms with E-state index in [1.807, 2.05) is 13.8 Å². The van der Waals surface area contributed by atoms with E-state index < -0.39 is 0 Å². The second-order valence-corrected chi connectivity index (χ2v) is 6.74. The van der Waals surface area contributed by atoms with E-state index in [1.54, 1.807) is 0 Å². The Kier molecular flexibility index (Phi) is 4.85. The molecule has 4 nitrogen and oxygen atoms in total. The lowest BCUT2D eigenvalue weighted by Gasteiger charge is -2.33. The van der Waals surface area contributed by atoms with E-state index in [0.717, 1.165) is 32.0 Å². The van der Waals surface area contributed by atoms with Crippen LogP contribution in [0.15, 0.2) is 0 Å². The standard InChI is InChI=1S/C15H28N2O2/c1-10(2)5-6-17-8-12-7-13(14(9-17)19-12)15(18)16-11(3)4/h10-14H,5-9H2,1-4H3,(H,16,18)/t12-,13+,14-/m1/s1. The summed E-state index contributed by atoms with van der Waals surface area (Å²) in [6.07, 6.45) is 2.47. The van der Waals surface area contributed by atoms with Crippen molar-refractivity contribution >= 4 is 5.91 Å². The van der Waals surface area contributed by atoms with Crippen molar-refractivity contribution in [1.82, 2.24) is 10.2 Å². The molecule has 3 atom stereocenters. The summed E-state index contributed by atoms with van der Waals surface area (Å²) in [7, 11) is 0. The van der Waals surface area contributed by atoms with E-state index in [4.69, 9.17) is 4.74 Å². The first-order valence-electron chi connectivity index (χ1n) is 7.64. The Balaban J connectivity index is 1.87. The molecule has 2 saturated heterocycles. The van der Waals surface area contributed by atoms with Crippen molar-refractivity contribution < 1.29 is 9.53 Å². The fourth-order valence-corrected chi connectivity index (χ4v) is 3.03. The molecule has 0 aliphatic carbocycles. The largest absolute Gasteiger partial charge is 0.371 e. The molecule has 2 heterocycles. The van der Waals surface area contributed by atoms with Crippen molar-refractivity contribution in [2.45, 2.75) is 58.8 Å². The molecule has 0 unspecified atom stereocenters. The minimum atomic E-state index is 0.0523. The van der Waals surface area contributed by atoms with Crippen LogP contribution in [0.5, 0.6) is 0 Å². The molecule has 0 aromatic heterocycles. The van der Waals surface area contributed by atoms with Gasteiger partial charge in [0, 0.05) is 19.1 Å². The van der Waals surface area contributed by atoms with Crippen LogP contribution in [0.2, 0.25) is 0 Å². The van der Waals surface area contributed by atoms with Gasteiger partial charge in [-0.05, 0) is 39.2 Å². The number of amides is 1. The first-order chi connectivity index (χ1) is 8.95. The van der Waals surface area contributed by atoms with Crippen molar-refractivity contribution in [3.05, 3.63) is 0 Å². The molecule has 2 bridgehead atoms. The summed E-state index contributed by atoms with van der Waals surface area (Å²) in [5, 5.41) is 3.02. The van der Waals surface area contributed by atoms with Gasteiger partial charge in [0.15, 0.2) is 0 Å². The molecule has 0 radical (unpaired) electrons. The molecule has 110 valence electrons. The van der Waals surface area contributed by atoms with Crippen molar-refractivity contribution in [2.75, 3.05) is 19.6 Å². The number of morpholine rings is 1. The van der Waals surface area contributed by atoms with Gasteiger partial charge in [0.25, 0.3) is 0 Å². The van der Waals surface area contributed by atoms with E-state index in [-0.39, 0.29) is 30.1 Å². The summed E-state index contributed by atoms with van der Waals surface area (Å²) in [5.41, 5.74) is 0. The molecular formula is C15H28N2O2. The number of hydrogen-bond donors (Lipinski definition) is 1. The van der Waals surface area contributed by atoms with Gasteiger partial charge in [0.05, 0.1) is 18.1 Å². The Morgan fingerprint density at radius 1 is 1.32 bits per heavy atom. The molecule has 19 heavy (non-hydrogen) atoms. The number of fused-ring (bicyclic) bond motifs is 2. The lowest BCUT2D eigenvalue weighted by atomic mass is 9.99. The van der Waals surface area contributed by atoms with Crippen LogP contribution in [-0.2, 0) is 9.53 Å². The van der Waals surface area contributed by atoms with Gasteiger partial charge in [0.2, 0.25) is 5.91 Å². The zero-order valence-corrected chi connectivity index (χ0v) is 12.7. The summed E-state index contributed by atoms with van der Waals surface area (Å²) in [5.74, 6) is 0.963. The molecule has 2 fully saturated rings. The van der Waals surface area contributed by atoms with Crippen LogP contribution >= 0.6 is 0 Å². The van der Waals surface area contributed by atoms with Crippen molar-refractivity contribution in [3.8, 4) is 0 Å². The Morgan fingerprint density at radius 3 is 2.68 bits per heavy atom. The fourth-order valence-electron chi connectivity index (χ4n) is 3.03. The van der Waals surface area contributed by atoms with Crippen LogP contribution in [0.25, 0.3) is 0 Å². The maximum atomic E-state index is 12.2. The van der Waals surface area contributed by atoms with Crippen molar-refractivity contribution in [3.63, 3.8) is 0 Å². The maximum absolute atomic E-state index is 12.2. The Morgan fingerprint density at radius 2 is 2.05 bits per heavy atom. The van der Waals surface area contributed by atoms with E-state index >= 15 is 0 Å². The normalized spacial score (nSPS) is 31.2. The van der Waals surface area contributed by atoms with Crippen LogP contribution in [-0.4, -0.2) is 48.7 Å². The van der Waals surface area contributed by atoms with Crippen LogP contribution in [0.1, 0.15) is 40.5 Å². The summed E-state index contributed by atoms with van der Waals surface area (Å²) in [4.78, 5) is 14.6. The SMILES string of the molecule is CC(C)CCN1C[C@H]2C[C@H](C(=O)NC(C)C)[C@@H](C1)O2. The second-order valence-electron chi connectivity index (χ2n) is 6.74. The Bertz CT molecular complexity index is 317. The van der Waals surface area contributed by atoms with Crippen LogP contribution in [0.4, 0.5) is 0 Å². The van der Waals surface area contributed by atoms with Gasteiger partial charge in [-0.1, -0.05) is 13.8 Å². The fraction of sp³-hybridized carbons (Fsp3) is 0.933. The molecule has 1 N–H and O–H groups in total. The number of rotatable bonds is 5. The van der Waals surface area contributed by atoms with Crippen molar-refractivity contribution in [2.24, 2.45) is 11.8 Å². The van der Waals surface area contributed by atoms with Gasteiger partial charge in [-0.2, -0.15) is 0 Å². The smallest absolute Gasteiger partial charge is 0.226 e. The number of likely N-dealkylation sites (tertiary alicyclic amines) is 1. The summed E-state index contributed by atoms with van der Waals surface area (Å²) in [6, 6.07) is 0.213. The molecule has 4 heteroatoms. The average molecular weight is 268 g/mol. The van der Waals surface area contributed by atoms with Gasteiger partial charge >= 0.3 is 0 Å². The van der Waals surface area contributed by atoms with E-state index in [9.17, 15) is 4.79 Å². The van der Waals surface area contributed by atoms with E-state index in [0.29, 0.717) is 0 Å². The number of nitrogens with one attached hydrogen (secondary N) is 1. The first-order valence-corrected chi connectivity index (χ1v) is 7.64. The molecular weight excluding hydrogens is 240 g/mol. The predicted molar refractivity (Wildman–Crippen MR) is 75.9 cm³/mol. The number of ether oxygens (including phenoxy) is 1. The zero-order valence-electron chi connectivity index (χ0n) is 12.7. The number of hydrogen-bond acceptors (Lipinski definition) is 3. The Hall–Kier alpha value is -0.610. The maximum Gasteiger partial charge on any atom is 0.226 e. The third-order valence-electron chi connectivity index (χ3n) is 4.02. The minimum absolute atomic E-state index is 0.0523. The molecule has 0 aromatic rings. The average Bonchev–Trinajstić information content (AvgIpc) is 2.61.